The summed E-state index contributed by atoms with van der Waals surface area (Å²) in [6, 6.07) is 3.04. The van der Waals surface area contributed by atoms with E-state index in [1.54, 1.807) is 0 Å². The molecule has 1 fully saturated rings. The molecule has 4 nitrogen and oxygen atoms in total. The van der Waals surface area contributed by atoms with Crippen molar-refractivity contribution in [3.63, 3.8) is 0 Å². The molecule has 0 aliphatic carbocycles. The molecule has 0 spiro atoms. The van der Waals surface area contributed by atoms with Gasteiger partial charge in [-0.05, 0) is 51.0 Å². The first kappa shape index (κ1) is 17.5. The second-order valence-corrected chi connectivity index (χ2v) is 8.43. The van der Waals surface area contributed by atoms with Crippen molar-refractivity contribution in [2.24, 2.45) is 0 Å². The molecule has 2 rings (SSSR count). The quantitative estimate of drug-likeness (QED) is 0.723. The van der Waals surface area contributed by atoms with Crippen molar-refractivity contribution in [2.45, 2.75) is 24.2 Å². The number of nitrogens with one attached hydrogen (secondary N) is 1. The van der Waals surface area contributed by atoms with Gasteiger partial charge in [-0.2, -0.15) is 0 Å². The zero-order valence-electron chi connectivity index (χ0n) is 11.4. The molecule has 1 saturated heterocycles. The minimum atomic E-state index is -3.69. The van der Waals surface area contributed by atoms with Crippen LogP contribution in [0.1, 0.15) is 19.3 Å². The Kier molecular flexibility index (Phi) is 6.35. The number of likely N-dealkylation sites (tertiary alicyclic amines) is 1. The van der Waals surface area contributed by atoms with Crippen LogP contribution in [0.15, 0.2) is 21.5 Å². The zero-order valence-corrected chi connectivity index (χ0v) is 15.3. The van der Waals surface area contributed by atoms with Crippen LogP contribution >= 0.6 is 39.1 Å². The van der Waals surface area contributed by atoms with E-state index < -0.39 is 10.0 Å². The van der Waals surface area contributed by atoms with E-state index in [-0.39, 0.29) is 14.9 Å². The summed E-state index contributed by atoms with van der Waals surface area (Å²) in [5.74, 6) is 0. The van der Waals surface area contributed by atoms with Gasteiger partial charge in [-0.1, -0.05) is 39.1 Å². The van der Waals surface area contributed by atoms with Gasteiger partial charge in [0.2, 0.25) is 10.0 Å². The third-order valence-electron chi connectivity index (χ3n) is 3.37. The molecular formula is C13H17BrCl2N2O2S. The minimum absolute atomic E-state index is 0.0600. The fourth-order valence-electron chi connectivity index (χ4n) is 2.37. The number of hydrogen-bond acceptors (Lipinski definition) is 3. The maximum atomic E-state index is 12.3. The van der Waals surface area contributed by atoms with E-state index in [0.717, 1.165) is 26.1 Å². The Labute approximate surface area is 144 Å². The summed E-state index contributed by atoms with van der Waals surface area (Å²) in [6.45, 7) is 3.50. The van der Waals surface area contributed by atoms with Gasteiger partial charge in [0.05, 0.1) is 10.0 Å². The van der Waals surface area contributed by atoms with Crippen LogP contribution in [0.25, 0.3) is 0 Å². The molecule has 1 N–H and O–H groups in total. The number of halogens is 3. The molecule has 0 radical (unpaired) electrons. The van der Waals surface area contributed by atoms with Crippen LogP contribution in [0.2, 0.25) is 10.0 Å². The predicted molar refractivity (Wildman–Crippen MR) is 89.6 cm³/mol. The Balaban J connectivity index is 1.95. The van der Waals surface area contributed by atoms with Gasteiger partial charge < -0.3 is 4.90 Å². The van der Waals surface area contributed by atoms with Crippen molar-refractivity contribution in [1.29, 1.82) is 0 Å². The molecule has 1 heterocycles. The molecule has 118 valence electrons. The molecule has 0 unspecified atom stereocenters. The summed E-state index contributed by atoms with van der Waals surface area (Å²) < 4.78 is 27.8. The molecule has 1 aromatic carbocycles. The standard InChI is InChI=1S/C13H17BrCl2N2O2S/c14-10-8-11(15)13(12(16)9-10)21(19,20)17-4-3-7-18-5-1-2-6-18/h8-9,17H,1-7H2. The Morgan fingerprint density at radius 3 is 2.33 bits per heavy atom. The van der Waals surface area contributed by atoms with Gasteiger partial charge in [-0.15, -0.1) is 0 Å². The topological polar surface area (TPSA) is 49.4 Å². The predicted octanol–water partition coefficient (Wildman–Crippen LogP) is 3.52. The lowest BCUT2D eigenvalue weighted by atomic mass is 10.4. The molecule has 1 aromatic rings. The van der Waals surface area contributed by atoms with Gasteiger partial charge in [0.25, 0.3) is 0 Å². The fraction of sp³-hybridized carbons (Fsp3) is 0.538. The summed E-state index contributed by atoms with van der Waals surface area (Å²) in [6.07, 6.45) is 3.23. The number of nitrogens with zero attached hydrogens (tertiary/aromatic N) is 1. The number of benzene rings is 1. The lowest BCUT2D eigenvalue weighted by Crippen LogP contribution is -2.29. The first-order valence-corrected chi connectivity index (χ1v) is 9.80. The second kappa shape index (κ2) is 7.62. The molecule has 0 aromatic heterocycles. The highest BCUT2D eigenvalue weighted by atomic mass is 79.9. The largest absolute Gasteiger partial charge is 0.303 e. The van der Waals surface area contributed by atoms with Gasteiger partial charge in [-0.3, -0.25) is 0 Å². The molecule has 0 amide bonds. The maximum absolute atomic E-state index is 12.3. The SMILES string of the molecule is O=S(=O)(NCCCN1CCCC1)c1c(Cl)cc(Br)cc1Cl. The normalized spacial score (nSPS) is 16.5. The van der Waals surface area contributed by atoms with Gasteiger partial charge in [0.15, 0.2) is 0 Å². The van der Waals surface area contributed by atoms with E-state index in [1.807, 2.05) is 0 Å². The first-order chi connectivity index (χ1) is 9.90. The van der Waals surface area contributed by atoms with E-state index in [2.05, 4.69) is 25.6 Å². The van der Waals surface area contributed by atoms with E-state index >= 15 is 0 Å². The van der Waals surface area contributed by atoms with Crippen molar-refractivity contribution in [2.75, 3.05) is 26.2 Å². The van der Waals surface area contributed by atoms with Crippen molar-refractivity contribution in [3.05, 3.63) is 26.7 Å². The molecular weight excluding hydrogens is 399 g/mol. The smallest absolute Gasteiger partial charge is 0.243 e. The van der Waals surface area contributed by atoms with Crippen LogP contribution in [-0.2, 0) is 10.0 Å². The molecule has 21 heavy (non-hydrogen) atoms. The summed E-state index contributed by atoms with van der Waals surface area (Å²) in [7, 11) is -3.69. The second-order valence-electron chi connectivity index (χ2n) is 5.00. The lowest BCUT2D eigenvalue weighted by molar-refractivity contribution is 0.334. The Hall–Kier alpha value is 0.150. The highest BCUT2D eigenvalue weighted by Crippen LogP contribution is 2.32. The van der Waals surface area contributed by atoms with Crippen molar-refractivity contribution in [1.82, 2.24) is 9.62 Å². The van der Waals surface area contributed by atoms with Crippen LogP contribution in [0.5, 0.6) is 0 Å². The van der Waals surface area contributed by atoms with E-state index in [9.17, 15) is 8.42 Å². The van der Waals surface area contributed by atoms with Crippen LogP contribution in [0.3, 0.4) is 0 Å². The van der Waals surface area contributed by atoms with E-state index in [1.165, 1.54) is 25.0 Å². The van der Waals surface area contributed by atoms with Gasteiger partial charge in [0.1, 0.15) is 4.90 Å². The van der Waals surface area contributed by atoms with Gasteiger partial charge >= 0.3 is 0 Å². The summed E-state index contributed by atoms with van der Waals surface area (Å²) in [5, 5.41) is 0.225. The van der Waals surface area contributed by atoms with Crippen LogP contribution in [-0.4, -0.2) is 39.5 Å². The summed E-state index contributed by atoms with van der Waals surface area (Å²) in [5.41, 5.74) is 0. The van der Waals surface area contributed by atoms with Crippen LogP contribution < -0.4 is 4.72 Å². The van der Waals surface area contributed by atoms with Crippen LogP contribution in [0.4, 0.5) is 0 Å². The van der Waals surface area contributed by atoms with Gasteiger partial charge in [0, 0.05) is 11.0 Å². The van der Waals surface area contributed by atoms with Crippen molar-refractivity contribution >= 4 is 49.2 Å². The zero-order chi connectivity index (χ0) is 15.5. The average Bonchev–Trinajstić information content (AvgIpc) is 2.86. The Morgan fingerprint density at radius 1 is 1.19 bits per heavy atom. The van der Waals surface area contributed by atoms with Gasteiger partial charge in [-0.25, -0.2) is 13.1 Å². The molecule has 1 aliphatic rings. The molecule has 0 bridgehead atoms. The molecule has 0 atom stereocenters. The Morgan fingerprint density at radius 2 is 1.76 bits per heavy atom. The third kappa shape index (κ3) is 4.81. The molecule has 1 aliphatic heterocycles. The molecule has 0 saturated carbocycles. The number of sulfonamides is 1. The van der Waals surface area contributed by atoms with Crippen molar-refractivity contribution in [3.8, 4) is 0 Å². The van der Waals surface area contributed by atoms with Crippen molar-refractivity contribution < 1.29 is 8.42 Å². The highest BCUT2D eigenvalue weighted by molar-refractivity contribution is 9.10. The fourth-order valence-corrected chi connectivity index (χ4v) is 5.38. The average molecular weight is 416 g/mol. The summed E-state index contributed by atoms with van der Waals surface area (Å²) >= 11 is 15.2. The van der Waals surface area contributed by atoms with E-state index in [0.29, 0.717) is 11.0 Å². The van der Waals surface area contributed by atoms with E-state index in [4.69, 9.17) is 23.2 Å². The lowest BCUT2D eigenvalue weighted by Gasteiger charge is -2.15. The van der Waals surface area contributed by atoms with Crippen LogP contribution in [0, 0.1) is 0 Å². The first-order valence-electron chi connectivity index (χ1n) is 6.77. The monoisotopic (exact) mass is 414 g/mol. The minimum Gasteiger partial charge on any atom is -0.303 e. The highest BCUT2D eigenvalue weighted by Gasteiger charge is 2.22. The molecule has 8 heteroatoms. The number of rotatable bonds is 6. The maximum Gasteiger partial charge on any atom is 0.243 e. The summed E-state index contributed by atoms with van der Waals surface area (Å²) in [4.78, 5) is 2.28. The number of hydrogen-bond donors (Lipinski definition) is 1. The third-order valence-corrected chi connectivity index (χ3v) is 6.21. The Bertz CT molecular complexity index is 581.